The Labute approximate surface area is 149 Å². The van der Waals surface area contributed by atoms with E-state index >= 15 is 0 Å². The van der Waals surface area contributed by atoms with Crippen LogP contribution in [0.3, 0.4) is 0 Å². The fourth-order valence-corrected chi connectivity index (χ4v) is 3.45. The van der Waals surface area contributed by atoms with Crippen molar-refractivity contribution in [3.63, 3.8) is 0 Å². The number of anilines is 2. The Hall–Kier alpha value is -1.71. The molecule has 0 amide bonds. The number of hydrogen-bond donors (Lipinski definition) is 3. The Balaban J connectivity index is 1.34. The van der Waals surface area contributed by atoms with Crippen LogP contribution < -0.4 is 16.0 Å². The van der Waals surface area contributed by atoms with Gasteiger partial charge in [0, 0.05) is 31.9 Å². The molecule has 0 saturated carbocycles. The van der Waals surface area contributed by atoms with E-state index in [2.05, 4.69) is 34.1 Å². The molecule has 2 aromatic carbocycles. The summed E-state index contributed by atoms with van der Waals surface area (Å²) in [6, 6.07) is 14.5. The van der Waals surface area contributed by atoms with Crippen LogP contribution >= 0.6 is 11.6 Å². The Bertz CT molecular complexity index is 657. The fourth-order valence-electron chi connectivity index (χ4n) is 3.25. The molecule has 0 radical (unpaired) electrons. The molecule has 0 bridgehead atoms. The van der Waals surface area contributed by atoms with Gasteiger partial charge >= 0.3 is 0 Å². The lowest BCUT2D eigenvalue weighted by Gasteiger charge is -2.20. The second kappa shape index (κ2) is 8.95. The fraction of sp³-hybridized carbons (Fsp3) is 0.400. The minimum Gasteiger partial charge on any atom is -0.384 e. The van der Waals surface area contributed by atoms with Gasteiger partial charge in [0.2, 0.25) is 0 Å². The molecule has 1 aliphatic rings. The summed E-state index contributed by atoms with van der Waals surface area (Å²) in [4.78, 5) is 0. The third kappa shape index (κ3) is 4.65. The molecule has 0 unspecified atom stereocenters. The SMILES string of the molecule is Clc1ccccc1NCCNCCNc1cccc2c1CCCC2. The van der Waals surface area contributed by atoms with E-state index in [4.69, 9.17) is 11.6 Å². The van der Waals surface area contributed by atoms with Crippen molar-refractivity contribution in [1.82, 2.24) is 5.32 Å². The van der Waals surface area contributed by atoms with E-state index in [1.54, 1.807) is 0 Å². The summed E-state index contributed by atoms with van der Waals surface area (Å²) in [6.45, 7) is 3.68. The van der Waals surface area contributed by atoms with Gasteiger partial charge < -0.3 is 16.0 Å². The van der Waals surface area contributed by atoms with Crippen LogP contribution in [0, 0.1) is 0 Å². The Morgan fingerprint density at radius 1 is 0.750 bits per heavy atom. The lowest BCUT2D eigenvalue weighted by atomic mass is 9.90. The maximum Gasteiger partial charge on any atom is 0.0637 e. The molecule has 0 heterocycles. The molecule has 0 aromatic heterocycles. The number of aryl methyl sites for hydroxylation is 1. The van der Waals surface area contributed by atoms with E-state index in [9.17, 15) is 0 Å². The Kier molecular flexibility index (Phi) is 6.39. The summed E-state index contributed by atoms with van der Waals surface area (Å²) >= 11 is 6.12. The van der Waals surface area contributed by atoms with Gasteiger partial charge in [0.25, 0.3) is 0 Å². The molecule has 0 fully saturated rings. The molecule has 0 atom stereocenters. The van der Waals surface area contributed by atoms with Gasteiger partial charge in [-0.1, -0.05) is 35.9 Å². The molecule has 0 aliphatic heterocycles. The number of rotatable bonds is 8. The van der Waals surface area contributed by atoms with Crippen molar-refractivity contribution in [1.29, 1.82) is 0 Å². The summed E-state index contributed by atoms with van der Waals surface area (Å²) in [5.74, 6) is 0. The first kappa shape index (κ1) is 17.1. The zero-order valence-corrected chi connectivity index (χ0v) is 14.8. The molecule has 128 valence electrons. The predicted octanol–water partition coefficient (Wildman–Crippen LogP) is 4.33. The van der Waals surface area contributed by atoms with Crippen LogP contribution in [0.1, 0.15) is 24.0 Å². The van der Waals surface area contributed by atoms with Crippen LogP contribution in [-0.4, -0.2) is 26.2 Å². The molecule has 2 aromatic rings. The van der Waals surface area contributed by atoms with Crippen molar-refractivity contribution in [3.8, 4) is 0 Å². The summed E-state index contributed by atoms with van der Waals surface area (Å²) in [5.41, 5.74) is 5.38. The van der Waals surface area contributed by atoms with E-state index in [0.29, 0.717) is 0 Å². The highest BCUT2D eigenvalue weighted by Crippen LogP contribution is 2.27. The van der Waals surface area contributed by atoms with Gasteiger partial charge in [0.1, 0.15) is 0 Å². The van der Waals surface area contributed by atoms with Crippen LogP contribution in [0.25, 0.3) is 0 Å². The van der Waals surface area contributed by atoms with Gasteiger partial charge in [-0.25, -0.2) is 0 Å². The molecule has 4 heteroatoms. The highest BCUT2D eigenvalue weighted by Gasteiger charge is 2.12. The van der Waals surface area contributed by atoms with Crippen molar-refractivity contribution < 1.29 is 0 Å². The van der Waals surface area contributed by atoms with Gasteiger partial charge in [0.15, 0.2) is 0 Å². The lowest BCUT2D eigenvalue weighted by molar-refractivity contribution is 0.684. The maximum absolute atomic E-state index is 6.12. The zero-order valence-electron chi connectivity index (χ0n) is 14.1. The summed E-state index contributed by atoms with van der Waals surface area (Å²) in [7, 11) is 0. The van der Waals surface area contributed by atoms with Gasteiger partial charge in [-0.15, -0.1) is 0 Å². The second-order valence-electron chi connectivity index (χ2n) is 6.23. The molecule has 24 heavy (non-hydrogen) atoms. The first-order valence-electron chi connectivity index (χ1n) is 8.88. The van der Waals surface area contributed by atoms with E-state index in [1.165, 1.54) is 42.5 Å². The third-order valence-corrected chi connectivity index (χ3v) is 4.83. The van der Waals surface area contributed by atoms with Crippen molar-refractivity contribution in [2.24, 2.45) is 0 Å². The number of fused-ring (bicyclic) bond motifs is 1. The van der Waals surface area contributed by atoms with Crippen LogP contribution in [0.5, 0.6) is 0 Å². The number of para-hydroxylation sites is 1. The lowest BCUT2D eigenvalue weighted by Crippen LogP contribution is -2.27. The number of nitrogens with one attached hydrogen (secondary N) is 3. The first-order chi connectivity index (χ1) is 11.8. The zero-order chi connectivity index (χ0) is 16.6. The largest absolute Gasteiger partial charge is 0.384 e. The molecule has 0 saturated heterocycles. The van der Waals surface area contributed by atoms with Gasteiger partial charge in [-0.3, -0.25) is 0 Å². The molecular formula is C20H26ClN3. The summed E-state index contributed by atoms with van der Waals surface area (Å²) in [6.07, 6.45) is 5.10. The van der Waals surface area contributed by atoms with Crippen LogP contribution in [0.15, 0.2) is 42.5 Å². The normalized spacial score (nSPS) is 13.4. The van der Waals surface area contributed by atoms with Crippen LogP contribution in [0.2, 0.25) is 5.02 Å². The molecule has 3 rings (SSSR count). The molecular weight excluding hydrogens is 318 g/mol. The van der Waals surface area contributed by atoms with Crippen molar-refractivity contribution >= 4 is 23.0 Å². The quantitative estimate of drug-likeness (QED) is 0.624. The average molecular weight is 344 g/mol. The third-order valence-electron chi connectivity index (χ3n) is 4.50. The van der Waals surface area contributed by atoms with Gasteiger partial charge in [-0.2, -0.15) is 0 Å². The van der Waals surface area contributed by atoms with Crippen molar-refractivity contribution in [3.05, 3.63) is 58.6 Å². The monoisotopic (exact) mass is 343 g/mol. The molecule has 3 nitrogen and oxygen atoms in total. The Morgan fingerprint density at radius 2 is 1.46 bits per heavy atom. The smallest absolute Gasteiger partial charge is 0.0637 e. The molecule has 3 N–H and O–H groups in total. The summed E-state index contributed by atoms with van der Waals surface area (Å²) < 4.78 is 0. The minimum absolute atomic E-state index is 0.771. The second-order valence-corrected chi connectivity index (χ2v) is 6.64. The van der Waals surface area contributed by atoms with E-state index < -0.39 is 0 Å². The standard InChI is InChI=1S/C20H26ClN3/c21-18-9-3-4-10-20(18)24-15-13-22-12-14-23-19-11-5-7-16-6-1-2-8-17(16)19/h3-5,7,9-11,22-24H,1-2,6,8,12-15H2. The average Bonchev–Trinajstić information content (AvgIpc) is 2.62. The highest BCUT2D eigenvalue weighted by atomic mass is 35.5. The maximum atomic E-state index is 6.12. The predicted molar refractivity (Wildman–Crippen MR) is 104 cm³/mol. The Morgan fingerprint density at radius 3 is 2.29 bits per heavy atom. The minimum atomic E-state index is 0.771. The number of benzene rings is 2. The van der Waals surface area contributed by atoms with Gasteiger partial charge in [-0.05, 0) is 55.0 Å². The number of hydrogen-bond acceptors (Lipinski definition) is 3. The van der Waals surface area contributed by atoms with Crippen molar-refractivity contribution in [2.75, 3.05) is 36.8 Å². The number of halogens is 1. The summed E-state index contributed by atoms with van der Waals surface area (Å²) in [5, 5.41) is 11.2. The van der Waals surface area contributed by atoms with Crippen LogP contribution in [0.4, 0.5) is 11.4 Å². The molecule has 1 aliphatic carbocycles. The van der Waals surface area contributed by atoms with E-state index in [1.807, 2.05) is 24.3 Å². The first-order valence-corrected chi connectivity index (χ1v) is 9.26. The molecule has 0 spiro atoms. The highest BCUT2D eigenvalue weighted by molar-refractivity contribution is 6.33. The van der Waals surface area contributed by atoms with Gasteiger partial charge in [0.05, 0.1) is 10.7 Å². The van der Waals surface area contributed by atoms with Crippen molar-refractivity contribution in [2.45, 2.75) is 25.7 Å². The van der Waals surface area contributed by atoms with E-state index in [0.717, 1.165) is 36.9 Å². The topological polar surface area (TPSA) is 36.1 Å². The van der Waals surface area contributed by atoms with Crippen LogP contribution in [-0.2, 0) is 12.8 Å². The van der Waals surface area contributed by atoms with E-state index in [-0.39, 0.29) is 0 Å².